The lowest BCUT2D eigenvalue weighted by Gasteiger charge is -2.34. The molecule has 0 aromatic heterocycles. The molecule has 1 rings (SSSR count). The molecule has 0 spiro atoms. The van der Waals surface area contributed by atoms with Crippen molar-refractivity contribution in [2.45, 2.75) is 31.7 Å². The number of nitriles is 1. The minimum Gasteiger partial charge on any atom is -0.381 e. The topological polar surface area (TPSA) is 62.1 Å². The van der Waals surface area contributed by atoms with E-state index in [-0.39, 0.29) is 17.9 Å². The highest BCUT2D eigenvalue weighted by atomic mass is 16.5. The summed E-state index contributed by atoms with van der Waals surface area (Å²) in [5.41, 5.74) is -0.174. The number of nitrogens with zero attached hydrogens (tertiary/aromatic N) is 1. The van der Waals surface area contributed by atoms with E-state index in [0.717, 1.165) is 12.8 Å². The average molecular weight is 182 g/mol. The van der Waals surface area contributed by atoms with Gasteiger partial charge in [-0.15, -0.1) is 0 Å². The predicted octanol–water partition coefficient (Wildman–Crippen LogP) is 0.585. The monoisotopic (exact) mass is 182 g/mol. The molecule has 0 saturated carbocycles. The summed E-state index contributed by atoms with van der Waals surface area (Å²) in [6.45, 7) is 3.36. The molecular formula is C9H14N2O2. The van der Waals surface area contributed by atoms with Gasteiger partial charge >= 0.3 is 0 Å². The van der Waals surface area contributed by atoms with Crippen LogP contribution in [0, 0.1) is 11.3 Å². The highest BCUT2D eigenvalue weighted by Crippen LogP contribution is 2.19. The molecule has 1 saturated heterocycles. The third-order valence-electron chi connectivity index (χ3n) is 2.28. The van der Waals surface area contributed by atoms with Crippen molar-refractivity contribution in [1.29, 1.82) is 5.26 Å². The van der Waals surface area contributed by atoms with Gasteiger partial charge in [-0.05, 0) is 19.8 Å². The van der Waals surface area contributed by atoms with Crippen LogP contribution < -0.4 is 5.32 Å². The molecule has 0 radical (unpaired) electrons. The molecule has 0 unspecified atom stereocenters. The molecular weight excluding hydrogens is 168 g/mol. The summed E-state index contributed by atoms with van der Waals surface area (Å²) in [5.74, 6) is -0.188. The minimum absolute atomic E-state index is 0.0591. The first-order valence-electron chi connectivity index (χ1n) is 4.42. The van der Waals surface area contributed by atoms with Crippen molar-refractivity contribution < 1.29 is 9.53 Å². The summed E-state index contributed by atoms with van der Waals surface area (Å²) in [5, 5.41) is 11.2. The summed E-state index contributed by atoms with van der Waals surface area (Å²) >= 11 is 0. The number of rotatable bonds is 2. The number of amides is 1. The average Bonchev–Trinajstić information content (AvgIpc) is 2.04. The Morgan fingerprint density at radius 1 is 1.62 bits per heavy atom. The van der Waals surface area contributed by atoms with Gasteiger partial charge in [0.05, 0.1) is 6.07 Å². The van der Waals surface area contributed by atoms with Gasteiger partial charge in [-0.1, -0.05) is 0 Å². The second-order valence-electron chi connectivity index (χ2n) is 3.56. The van der Waals surface area contributed by atoms with Crippen LogP contribution in [-0.4, -0.2) is 24.7 Å². The van der Waals surface area contributed by atoms with Crippen LogP contribution in [0.15, 0.2) is 0 Å². The van der Waals surface area contributed by atoms with E-state index >= 15 is 0 Å². The summed E-state index contributed by atoms with van der Waals surface area (Å²) < 4.78 is 5.19. The Morgan fingerprint density at radius 2 is 2.23 bits per heavy atom. The molecule has 0 atom stereocenters. The van der Waals surface area contributed by atoms with Gasteiger partial charge in [0.25, 0.3) is 0 Å². The van der Waals surface area contributed by atoms with Crippen LogP contribution in [0.5, 0.6) is 0 Å². The highest BCUT2D eigenvalue weighted by molar-refractivity contribution is 5.78. The van der Waals surface area contributed by atoms with Crippen molar-refractivity contribution in [3.05, 3.63) is 0 Å². The molecule has 0 bridgehead atoms. The maximum atomic E-state index is 11.1. The first kappa shape index (κ1) is 10.0. The molecule has 0 aromatic rings. The van der Waals surface area contributed by atoms with Gasteiger partial charge in [0.15, 0.2) is 0 Å². The number of carbonyl (C=O) groups excluding carboxylic acids is 1. The van der Waals surface area contributed by atoms with Crippen molar-refractivity contribution in [3.8, 4) is 6.07 Å². The van der Waals surface area contributed by atoms with Gasteiger partial charge in [-0.25, -0.2) is 0 Å². The Morgan fingerprint density at radius 3 is 2.77 bits per heavy atom. The quantitative estimate of drug-likeness (QED) is 0.679. The highest BCUT2D eigenvalue weighted by Gasteiger charge is 2.28. The van der Waals surface area contributed by atoms with Gasteiger partial charge in [0, 0.05) is 18.8 Å². The lowest BCUT2D eigenvalue weighted by atomic mass is 9.92. The minimum atomic E-state index is -0.188. The summed E-state index contributed by atoms with van der Waals surface area (Å²) in [7, 11) is 0. The summed E-state index contributed by atoms with van der Waals surface area (Å²) in [6.07, 6.45) is 1.59. The molecule has 1 fully saturated rings. The van der Waals surface area contributed by atoms with Crippen molar-refractivity contribution >= 4 is 5.91 Å². The Kier molecular flexibility index (Phi) is 3.26. The number of ether oxygens (including phenoxy) is 1. The first-order valence-corrected chi connectivity index (χ1v) is 4.42. The number of hydrogen-bond acceptors (Lipinski definition) is 3. The van der Waals surface area contributed by atoms with Gasteiger partial charge in [-0.3, -0.25) is 4.79 Å². The predicted molar refractivity (Wildman–Crippen MR) is 46.8 cm³/mol. The summed E-state index contributed by atoms with van der Waals surface area (Å²) in [6, 6.07) is 1.83. The zero-order chi connectivity index (χ0) is 9.73. The van der Waals surface area contributed by atoms with E-state index in [1.807, 2.05) is 13.0 Å². The van der Waals surface area contributed by atoms with E-state index in [0.29, 0.717) is 13.2 Å². The van der Waals surface area contributed by atoms with E-state index < -0.39 is 0 Å². The largest absolute Gasteiger partial charge is 0.381 e. The van der Waals surface area contributed by atoms with Crippen molar-refractivity contribution in [2.24, 2.45) is 0 Å². The zero-order valence-electron chi connectivity index (χ0n) is 7.80. The molecule has 0 aromatic carbocycles. The van der Waals surface area contributed by atoms with Gasteiger partial charge in [0.2, 0.25) is 5.91 Å². The maximum Gasteiger partial charge on any atom is 0.234 e. The van der Waals surface area contributed by atoms with Crippen molar-refractivity contribution in [2.75, 3.05) is 13.2 Å². The fourth-order valence-corrected chi connectivity index (χ4v) is 1.40. The standard InChI is InChI=1S/C9H14N2O2/c1-9(3-6-13-7-4-9)11-8(12)2-5-10/h2-4,6-7H2,1H3,(H,11,12). The van der Waals surface area contributed by atoms with Crippen LogP contribution in [-0.2, 0) is 9.53 Å². The lowest BCUT2D eigenvalue weighted by molar-refractivity contribution is -0.123. The number of nitrogens with one attached hydrogen (secondary N) is 1. The van der Waals surface area contributed by atoms with Gasteiger partial charge < -0.3 is 10.1 Å². The molecule has 1 N–H and O–H groups in total. The second kappa shape index (κ2) is 4.24. The lowest BCUT2D eigenvalue weighted by Crippen LogP contribution is -2.49. The summed E-state index contributed by atoms with van der Waals surface area (Å²) in [4.78, 5) is 11.1. The van der Waals surface area contributed by atoms with Crippen LogP contribution in [0.3, 0.4) is 0 Å². The Bertz CT molecular complexity index is 226. The van der Waals surface area contributed by atoms with Crippen LogP contribution >= 0.6 is 0 Å². The van der Waals surface area contributed by atoms with Crippen LogP contribution in [0.4, 0.5) is 0 Å². The molecule has 4 nitrogen and oxygen atoms in total. The van der Waals surface area contributed by atoms with Crippen molar-refractivity contribution in [1.82, 2.24) is 5.32 Å². The van der Waals surface area contributed by atoms with E-state index in [9.17, 15) is 4.79 Å². The SMILES string of the molecule is CC1(NC(=O)CC#N)CCOCC1. The molecule has 0 aliphatic carbocycles. The fraction of sp³-hybridized carbons (Fsp3) is 0.778. The second-order valence-corrected chi connectivity index (χ2v) is 3.56. The van der Waals surface area contributed by atoms with Crippen LogP contribution in [0.2, 0.25) is 0 Å². The molecule has 1 heterocycles. The molecule has 1 aliphatic heterocycles. The number of carbonyl (C=O) groups is 1. The van der Waals surface area contributed by atoms with E-state index in [1.165, 1.54) is 0 Å². The first-order chi connectivity index (χ1) is 6.16. The third-order valence-corrected chi connectivity index (χ3v) is 2.28. The molecule has 72 valence electrons. The van der Waals surface area contributed by atoms with Crippen LogP contribution in [0.25, 0.3) is 0 Å². The molecule has 1 amide bonds. The third kappa shape index (κ3) is 3.03. The Labute approximate surface area is 77.9 Å². The zero-order valence-corrected chi connectivity index (χ0v) is 7.80. The molecule has 13 heavy (non-hydrogen) atoms. The van der Waals surface area contributed by atoms with Gasteiger partial charge in [-0.2, -0.15) is 5.26 Å². The Hall–Kier alpha value is -1.08. The van der Waals surface area contributed by atoms with Crippen molar-refractivity contribution in [3.63, 3.8) is 0 Å². The van der Waals surface area contributed by atoms with E-state index in [4.69, 9.17) is 10.00 Å². The maximum absolute atomic E-state index is 11.1. The fourth-order valence-electron chi connectivity index (χ4n) is 1.40. The van der Waals surface area contributed by atoms with E-state index in [2.05, 4.69) is 5.32 Å². The molecule has 4 heteroatoms. The molecule has 1 aliphatic rings. The Balaban J connectivity index is 2.41. The van der Waals surface area contributed by atoms with E-state index in [1.54, 1.807) is 0 Å². The van der Waals surface area contributed by atoms with Crippen LogP contribution in [0.1, 0.15) is 26.2 Å². The van der Waals surface area contributed by atoms with Gasteiger partial charge in [0.1, 0.15) is 6.42 Å². The number of hydrogen-bond donors (Lipinski definition) is 1. The smallest absolute Gasteiger partial charge is 0.234 e. The normalized spacial score (nSPS) is 20.3.